The highest BCUT2D eigenvalue weighted by atomic mass is 35.5. The van der Waals surface area contributed by atoms with Gasteiger partial charge < -0.3 is 19.3 Å². The zero-order valence-corrected chi connectivity index (χ0v) is 27.6. The first kappa shape index (κ1) is 35.5. The molecule has 3 aromatic rings. The van der Waals surface area contributed by atoms with E-state index in [-0.39, 0.29) is 56.1 Å². The third kappa shape index (κ3) is 10.0. The molecule has 0 fully saturated rings. The zero-order chi connectivity index (χ0) is 33.5. The molecule has 238 valence electrons. The number of nitriles is 1. The number of hydrogen-bond donors (Lipinski definition) is 2. The van der Waals surface area contributed by atoms with Crippen molar-refractivity contribution in [2.24, 2.45) is 0 Å². The number of carbonyl (C=O) groups excluding carboxylic acids is 3. The maximum atomic E-state index is 13.5. The average Bonchev–Trinajstić information content (AvgIpc) is 2.96. The molecule has 0 aliphatic carbocycles. The van der Waals surface area contributed by atoms with Crippen molar-refractivity contribution in [3.63, 3.8) is 0 Å². The molecule has 0 saturated heterocycles. The van der Waals surface area contributed by atoms with Gasteiger partial charge in [0.25, 0.3) is 22.2 Å². The number of halogens is 2. The predicted molar refractivity (Wildman–Crippen MR) is 170 cm³/mol. The molecule has 3 aromatic carbocycles. The van der Waals surface area contributed by atoms with Crippen LogP contribution in [0.2, 0.25) is 10.0 Å². The fraction of sp³-hybridized carbons (Fsp3) is 0.290. The van der Waals surface area contributed by atoms with Gasteiger partial charge in [-0.2, -0.15) is 5.26 Å². The SMILES string of the molecule is CCC(=O)NS(=O)(=O)c1ccc(NC(=O)C(OCC[N+](C)(C)C)Oc2ccc(Cl)cc2C(=O)c2cc(Cl)cc(C#N)c2)c(C)c1. The van der Waals surface area contributed by atoms with Crippen LogP contribution in [0.15, 0.2) is 59.5 Å². The average molecular weight is 677 g/mol. The van der Waals surface area contributed by atoms with E-state index in [1.807, 2.05) is 31.9 Å². The summed E-state index contributed by atoms with van der Waals surface area (Å²) in [4.78, 5) is 38.6. The van der Waals surface area contributed by atoms with Crippen molar-refractivity contribution in [1.82, 2.24) is 4.72 Å². The number of sulfonamides is 1. The minimum absolute atomic E-state index is 0.00141. The third-order valence-electron chi connectivity index (χ3n) is 6.29. The van der Waals surface area contributed by atoms with Gasteiger partial charge in [-0.3, -0.25) is 14.4 Å². The molecule has 0 aliphatic heterocycles. The van der Waals surface area contributed by atoms with E-state index < -0.39 is 33.9 Å². The first-order valence-electron chi connectivity index (χ1n) is 13.6. The Morgan fingerprint density at radius 2 is 1.71 bits per heavy atom. The summed E-state index contributed by atoms with van der Waals surface area (Å²) in [5.41, 5.74) is 0.940. The van der Waals surface area contributed by atoms with Gasteiger partial charge in [0.2, 0.25) is 5.91 Å². The van der Waals surface area contributed by atoms with Crippen molar-refractivity contribution >= 4 is 56.5 Å². The summed E-state index contributed by atoms with van der Waals surface area (Å²) in [5, 5.41) is 12.4. The van der Waals surface area contributed by atoms with Crippen molar-refractivity contribution in [2.75, 3.05) is 39.6 Å². The number of quaternary nitrogens is 1. The summed E-state index contributed by atoms with van der Waals surface area (Å²) in [6.07, 6.45) is -1.56. The minimum Gasteiger partial charge on any atom is -0.455 e. The standard InChI is InChI=1S/C31H32Cl2N4O7S/c1-6-28(38)36-45(41,42)24-8-9-26(19(2)13-24)35-30(40)31(43-12-11-37(3,4)5)44-27-10-7-22(32)17-25(27)29(39)21-14-20(18-34)15-23(33)16-21/h7-10,13-17,31H,6,11-12H2,1-5H3,(H-,35,36,38,40)/p+1. The molecular formula is C31H33Cl2N4O7S+. The van der Waals surface area contributed by atoms with E-state index in [0.717, 1.165) is 0 Å². The Morgan fingerprint density at radius 1 is 1.00 bits per heavy atom. The quantitative estimate of drug-likeness (QED) is 0.150. The summed E-state index contributed by atoms with van der Waals surface area (Å²) < 4.78 is 39.4. The van der Waals surface area contributed by atoms with E-state index >= 15 is 0 Å². The number of carbonyl (C=O) groups is 3. The number of amides is 2. The molecule has 1 atom stereocenters. The van der Waals surface area contributed by atoms with Crippen LogP contribution in [0.3, 0.4) is 0 Å². The normalized spacial score (nSPS) is 12.1. The van der Waals surface area contributed by atoms with Crippen LogP contribution in [0, 0.1) is 18.3 Å². The van der Waals surface area contributed by atoms with Gasteiger partial charge in [-0.05, 0) is 67.1 Å². The predicted octanol–water partition coefficient (Wildman–Crippen LogP) is 4.69. The lowest BCUT2D eigenvalue weighted by molar-refractivity contribution is -0.870. The lowest BCUT2D eigenvalue weighted by atomic mass is 10.0. The van der Waals surface area contributed by atoms with Gasteiger partial charge in [-0.1, -0.05) is 30.1 Å². The second kappa shape index (κ2) is 14.9. The highest BCUT2D eigenvalue weighted by Crippen LogP contribution is 2.29. The van der Waals surface area contributed by atoms with Gasteiger partial charge in [0.1, 0.15) is 18.9 Å². The molecule has 0 aliphatic rings. The second-order valence-electron chi connectivity index (χ2n) is 11.0. The Labute approximate surface area is 272 Å². The van der Waals surface area contributed by atoms with E-state index in [9.17, 15) is 28.1 Å². The Bertz CT molecular complexity index is 1770. The molecule has 0 radical (unpaired) electrons. The maximum absolute atomic E-state index is 13.5. The first-order chi connectivity index (χ1) is 21.0. The van der Waals surface area contributed by atoms with Crippen molar-refractivity contribution in [2.45, 2.75) is 31.5 Å². The molecule has 1 unspecified atom stereocenters. The molecule has 14 heteroatoms. The number of ketones is 1. The molecule has 2 amide bonds. The monoisotopic (exact) mass is 675 g/mol. The lowest BCUT2D eigenvalue weighted by Gasteiger charge is -2.26. The first-order valence-corrected chi connectivity index (χ1v) is 15.9. The summed E-state index contributed by atoms with van der Waals surface area (Å²) in [6, 6.07) is 14.4. The van der Waals surface area contributed by atoms with E-state index in [1.54, 1.807) is 6.92 Å². The molecule has 3 rings (SSSR count). The molecule has 11 nitrogen and oxygen atoms in total. The molecule has 0 bridgehead atoms. The molecule has 0 heterocycles. The molecule has 0 saturated carbocycles. The number of benzene rings is 3. The molecule has 2 N–H and O–H groups in total. The molecular weight excluding hydrogens is 643 g/mol. The van der Waals surface area contributed by atoms with Crippen LogP contribution in [0.4, 0.5) is 5.69 Å². The summed E-state index contributed by atoms with van der Waals surface area (Å²) in [7, 11) is 1.73. The third-order valence-corrected chi connectivity index (χ3v) is 8.11. The molecule has 0 aromatic heterocycles. The number of nitrogens with zero attached hydrogens (tertiary/aromatic N) is 2. The topological polar surface area (TPSA) is 152 Å². The minimum atomic E-state index is -4.10. The van der Waals surface area contributed by atoms with Crippen LogP contribution in [0.25, 0.3) is 0 Å². The number of rotatable bonds is 13. The largest absolute Gasteiger partial charge is 0.455 e. The van der Waals surface area contributed by atoms with Gasteiger partial charge in [0.05, 0.1) is 43.2 Å². The van der Waals surface area contributed by atoms with Crippen molar-refractivity contribution in [3.8, 4) is 11.8 Å². The van der Waals surface area contributed by atoms with Gasteiger partial charge in [0, 0.05) is 27.7 Å². The van der Waals surface area contributed by atoms with Gasteiger partial charge in [-0.15, -0.1) is 0 Å². The van der Waals surface area contributed by atoms with Crippen molar-refractivity contribution in [3.05, 3.63) is 86.9 Å². The van der Waals surface area contributed by atoms with Crippen LogP contribution >= 0.6 is 23.2 Å². The number of anilines is 1. The van der Waals surface area contributed by atoms with Crippen molar-refractivity contribution < 1.29 is 36.8 Å². The van der Waals surface area contributed by atoms with Crippen molar-refractivity contribution in [1.29, 1.82) is 5.26 Å². The number of hydrogen-bond acceptors (Lipinski definition) is 8. The number of ether oxygens (including phenoxy) is 2. The smallest absolute Gasteiger partial charge is 0.294 e. The lowest BCUT2D eigenvalue weighted by Crippen LogP contribution is -2.41. The van der Waals surface area contributed by atoms with E-state index in [2.05, 4.69) is 5.32 Å². The van der Waals surface area contributed by atoms with Gasteiger partial charge in [-0.25, -0.2) is 13.1 Å². The fourth-order valence-corrected chi connectivity index (χ4v) is 5.40. The zero-order valence-electron chi connectivity index (χ0n) is 25.3. The Morgan fingerprint density at radius 3 is 2.33 bits per heavy atom. The maximum Gasteiger partial charge on any atom is 0.294 e. The van der Waals surface area contributed by atoms with Crippen LogP contribution in [-0.4, -0.2) is 71.1 Å². The van der Waals surface area contributed by atoms with E-state index in [0.29, 0.717) is 16.6 Å². The van der Waals surface area contributed by atoms with Crippen LogP contribution in [0.1, 0.15) is 40.4 Å². The second-order valence-corrected chi connectivity index (χ2v) is 13.5. The summed E-state index contributed by atoms with van der Waals surface area (Å²) >= 11 is 12.3. The number of aryl methyl sites for hydroxylation is 1. The number of nitrogens with one attached hydrogen (secondary N) is 2. The summed E-state index contributed by atoms with van der Waals surface area (Å²) in [6.45, 7) is 3.72. The van der Waals surface area contributed by atoms with E-state index in [1.165, 1.54) is 61.5 Å². The Kier molecular flexibility index (Phi) is 11.7. The fourth-order valence-electron chi connectivity index (χ4n) is 3.85. The van der Waals surface area contributed by atoms with Crippen LogP contribution in [0.5, 0.6) is 5.75 Å². The van der Waals surface area contributed by atoms with Gasteiger partial charge in [0.15, 0.2) is 5.78 Å². The molecule has 45 heavy (non-hydrogen) atoms. The Hall–Kier alpha value is -3.99. The van der Waals surface area contributed by atoms with Gasteiger partial charge >= 0.3 is 0 Å². The highest BCUT2D eigenvalue weighted by Gasteiger charge is 2.27. The molecule has 0 spiro atoms. The highest BCUT2D eigenvalue weighted by molar-refractivity contribution is 7.90. The Balaban J connectivity index is 1.94. The van der Waals surface area contributed by atoms with Crippen LogP contribution in [-0.2, 0) is 24.3 Å². The van der Waals surface area contributed by atoms with E-state index in [4.69, 9.17) is 32.7 Å². The number of likely N-dealkylation sites (N-methyl/N-ethyl adjacent to an activating group) is 1. The van der Waals surface area contributed by atoms with Crippen LogP contribution < -0.4 is 14.8 Å². The summed E-state index contributed by atoms with van der Waals surface area (Å²) in [5.74, 6) is -1.97.